The summed E-state index contributed by atoms with van der Waals surface area (Å²) in [6.45, 7) is 21.2. The molecule has 0 N–H and O–H groups in total. The van der Waals surface area contributed by atoms with E-state index in [2.05, 4.69) is 26.3 Å². The SMILES string of the molecule is C=CCC(COCC(=C)C)OC(CC=C)COCC(=C)C. The Hall–Kier alpha value is -1.16. The Morgan fingerprint density at radius 2 is 1.24 bits per heavy atom. The molecule has 0 amide bonds. The van der Waals surface area contributed by atoms with Gasteiger partial charge in [0.2, 0.25) is 0 Å². The molecule has 0 aromatic rings. The van der Waals surface area contributed by atoms with Crippen LogP contribution in [0.1, 0.15) is 26.7 Å². The van der Waals surface area contributed by atoms with Crippen LogP contribution in [0.2, 0.25) is 0 Å². The summed E-state index contributed by atoms with van der Waals surface area (Å²) >= 11 is 0. The van der Waals surface area contributed by atoms with Crippen LogP contribution in [-0.2, 0) is 14.2 Å². The standard InChI is InChI=1S/C18H30O3/c1-7-9-17(13-19-11-15(3)4)21-18(10-8-2)14-20-12-16(5)6/h7-8,17-18H,1-3,5,9-14H2,4,6H3. The molecule has 0 heterocycles. The van der Waals surface area contributed by atoms with Crippen molar-refractivity contribution in [2.24, 2.45) is 0 Å². The molecule has 0 spiro atoms. The normalized spacial score (nSPS) is 13.4. The third-order valence-corrected chi connectivity index (χ3v) is 2.55. The monoisotopic (exact) mass is 294 g/mol. The van der Waals surface area contributed by atoms with Crippen molar-refractivity contribution in [3.63, 3.8) is 0 Å². The predicted molar refractivity (Wildman–Crippen MR) is 89.6 cm³/mol. The van der Waals surface area contributed by atoms with Crippen LogP contribution in [0.5, 0.6) is 0 Å². The van der Waals surface area contributed by atoms with Crippen LogP contribution in [0.15, 0.2) is 49.6 Å². The fourth-order valence-corrected chi connectivity index (χ4v) is 1.70. The third kappa shape index (κ3) is 12.3. The maximum atomic E-state index is 6.04. The van der Waals surface area contributed by atoms with Crippen LogP contribution in [0.4, 0.5) is 0 Å². The summed E-state index contributed by atoms with van der Waals surface area (Å²) in [5.41, 5.74) is 2.00. The number of rotatable bonds is 14. The van der Waals surface area contributed by atoms with E-state index in [1.54, 1.807) is 0 Å². The summed E-state index contributed by atoms with van der Waals surface area (Å²) in [6, 6.07) is 0. The van der Waals surface area contributed by atoms with Gasteiger partial charge in [-0.1, -0.05) is 36.5 Å². The fourth-order valence-electron chi connectivity index (χ4n) is 1.70. The van der Waals surface area contributed by atoms with Crippen molar-refractivity contribution in [3.8, 4) is 0 Å². The maximum absolute atomic E-state index is 6.04. The Balaban J connectivity index is 4.28. The molecular formula is C18H30O3. The van der Waals surface area contributed by atoms with Gasteiger partial charge in [0.1, 0.15) is 0 Å². The highest BCUT2D eigenvalue weighted by atomic mass is 16.6. The Bertz CT molecular complexity index is 301. The Labute approximate surface area is 130 Å². The van der Waals surface area contributed by atoms with E-state index in [9.17, 15) is 0 Å². The molecule has 0 saturated heterocycles. The zero-order valence-corrected chi connectivity index (χ0v) is 13.6. The van der Waals surface area contributed by atoms with Crippen molar-refractivity contribution in [2.75, 3.05) is 26.4 Å². The third-order valence-electron chi connectivity index (χ3n) is 2.55. The first-order chi connectivity index (χ1) is 9.99. The molecule has 3 nitrogen and oxygen atoms in total. The van der Waals surface area contributed by atoms with Crippen molar-refractivity contribution in [1.82, 2.24) is 0 Å². The fraction of sp³-hybridized carbons (Fsp3) is 0.556. The molecule has 120 valence electrons. The minimum atomic E-state index is -0.0276. The maximum Gasteiger partial charge on any atom is 0.0847 e. The topological polar surface area (TPSA) is 27.7 Å². The lowest BCUT2D eigenvalue weighted by Crippen LogP contribution is -2.29. The van der Waals surface area contributed by atoms with Gasteiger partial charge < -0.3 is 14.2 Å². The van der Waals surface area contributed by atoms with Gasteiger partial charge in [-0.25, -0.2) is 0 Å². The summed E-state index contributed by atoms with van der Waals surface area (Å²) in [6.07, 6.45) is 5.11. The smallest absolute Gasteiger partial charge is 0.0847 e. The average Bonchev–Trinajstić information content (AvgIpc) is 2.38. The van der Waals surface area contributed by atoms with Crippen LogP contribution in [-0.4, -0.2) is 38.6 Å². The summed E-state index contributed by atoms with van der Waals surface area (Å²) in [4.78, 5) is 0. The van der Waals surface area contributed by atoms with Crippen molar-refractivity contribution in [2.45, 2.75) is 38.9 Å². The van der Waals surface area contributed by atoms with E-state index in [0.29, 0.717) is 26.4 Å². The van der Waals surface area contributed by atoms with Crippen molar-refractivity contribution < 1.29 is 14.2 Å². The van der Waals surface area contributed by atoms with E-state index in [-0.39, 0.29) is 12.2 Å². The van der Waals surface area contributed by atoms with Crippen LogP contribution < -0.4 is 0 Å². The molecule has 0 aliphatic carbocycles. The minimum absolute atomic E-state index is 0.0276. The molecule has 0 aliphatic rings. The quantitative estimate of drug-likeness (QED) is 0.452. The van der Waals surface area contributed by atoms with Gasteiger partial charge in [-0.2, -0.15) is 0 Å². The minimum Gasteiger partial charge on any atom is -0.374 e. The number of hydrogen-bond acceptors (Lipinski definition) is 3. The Kier molecular flexibility index (Phi) is 11.9. The number of hydrogen-bond donors (Lipinski definition) is 0. The van der Waals surface area contributed by atoms with Gasteiger partial charge >= 0.3 is 0 Å². The van der Waals surface area contributed by atoms with E-state index in [1.165, 1.54) is 0 Å². The summed E-state index contributed by atoms with van der Waals surface area (Å²) in [5.74, 6) is 0. The Morgan fingerprint density at radius 3 is 1.52 bits per heavy atom. The first kappa shape index (κ1) is 19.8. The molecule has 0 radical (unpaired) electrons. The first-order valence-corrected chi connectivity index (χ1v) is 7.31. The lowest BCUT2D eigenvalue weighted by molar-refractivity contribution is -0.0781. The summed E-state index contributed by atoms with van der Waals surface area (Å²) < 4.78 is 17.2. The molecule has 0 aromatic heterocycles. The lowest BCUT2D eigenvalue weighted by atomic mass is 10.2. The lowest BCUT2D eigenvalue weighted by Gasteiger charge is -2.23. The van der Waals surface area contributed by atoms with E-state index in [4.69, 9.17) is 14.2 Å². The van der Waals surface area contributed by atoms with E-state index in [0.717, 1.165) is 24.0 Å². The van der Waals surface area contributed by atoms with E-state index < -0.39 is 0 Å². The molecule has 0 fully saturated rings. The van der Waals surface area contributed by atoms with Gasteiger partial charge in [-0.15, -0.1) is 13.2 Å². The zero-order valence-electron chi connectivity index (χ0n) is 13.6. The van der Waals surface area contributed by atoms with Gasteiger partial charge in [-0.3, -0.25) is 0 Å². The highest BCUT2D eigenvalue weighted by Gasteiger charge is 2.15. The van der Waals surface area contributed by atoms with Gasteiger partial charge in [0.15, 0.2) is 0 Å². The van der Waals surface area contributed by atoms with Crippen molar-refractivity contribution in [3.05, 3.63) is 49.6 Å². The number of ether oxygens (including phenoxy) is 3. The zero-order chi connectivity index (χ0) is 16.1. The van der Waals surface area contributed by atoms with E-state index in [1.807, 2.05) is 26.0 Å². The summed E-state index contributed by atoms with van der Waals surface area (Å²) in [7, 11) is 0. The average molecular weight is 294 g/mol. The molecule has 2 unspecified atom stereocenters. The second kappa shape index (κ2) is 12.6. The van der Waals surface area contributed by atoms with Gasteiger partial charge in [0.25, 0.3) is 0 Å². The Morgan fingerprint density at radius 1 is 0.857 bits per heavy atom. The highest BCUT2D eigenvalue weighted by Crippen LogP contribution is 2.10. The van der Waals surface area contributed by atoms with Crippen molar-refractivity contribution >= 4 is 0 Å². The van der Waals surface area contributed by atoms with Crippen LogP contribution in [0.3, 0.4) is 0 Å². The largest absolute Gasteiger partial charge is 0.374 e. The predicted octanol–water partition coefficient (Wildman–Crippen LogP) is 4.08. The molecule has 21 heavy (non-hydrogen) atoms. The molecule has 0 aliphatic heterocycles. The van der Waals surface area contributed by atoms with Crippen LogP contribution >= 0.6 is 0 Å². The summed E-state index contributed by atoms with van der Waals surface area (Å²) in [5, 5.41) is 0. The molecule has 0 saturated carbocycles. The van der Waals surface area contributed by atoms with Gasteiger partial charge in [0.05, 0.1) is 38.6 Å². The molecular weight excluding hydrogens is 264 g/mol. The second-order valence-electron chi connectivity index (χ2n) is 5.37. The molecule has 2 atom stereocenters. The van der Waals surface area contributed by atoms with E-state index >= 15 is 0 Å². The van der Waals surface area contributed by atoms with Gasteiger partial charge in [-0.05, 0) is 26.7 Å². The molecule has 0 bridgehead atoms. The van der Waals surface area contributed by atoms with Gasteiger partial charge in [0, 0.05) is 0 Å². The molecule has 0 aromatic carbocycles. The molecule has 3 heteroatoms. The first-order valence-electron chi connectivity index (χ1n) is 7.31. The molecule has 0 rings (SSSR count). The van der Waals surface area contributed by atoms with Crippen LogP contribution in [0.25, 0.3) is 0 Å². The van der Waals surface area contributed by atoms with Crippen molar-refractivity contribution in [1.29, 1.82) is 0 Å². The highest BCUT2D eigenvalue weighted by molar-refractivity contribution is 4.88. The van der Waals surface area contributed by atoms with Crippen LogP contribution in [0, 0.1) is 0 Å². The second-order valence-corrected chi connectivity index (χ2v) is 5.37.